The number of piperidine rings is 1. The van der Waals surface area contributed by atoms with E-state index in [9.17, 15) is 0 Å². The van der Waals surface area contributed by atoms with Crippen molar-refractivity contribution in [1.82, 2.24) is 24.7 Å². The molecule has 1 aromatic carbocycles. The van der Waals surface area contributed by atoms with Crippen LogP contribution in [0.1, 0.15) is 24.2 Å². The highest BCUT2D eigenvalue weighted by atomic mass is 16.5. The van der Waals surface area contributed by atoms with Crippen LogP contribution in [-0.2, 0) is 18.2 Å². The van der Waals surface area contributed by atoms with Gasteiger partial charge in [-0.05, 0) is 30.5 Å². The van der Waals surface area contributed by atoms with E-state index in [2.05, 4.69) is 32.1 Å². The molecule has 4 heterocycles. The van der Waals surface area contributed by atoms with Crippen molar-refractivity contribution in [2.75, 3.05) is 32.2 Å². The summed E-state index contributed by atoms with van der Waals surface area (Å²) in [7, 11) is 5.39. The minimum atomic E-state index is 0.323. The van der Waals surface area contributed by atoms with Gasteiger partial charge in [0.25, 0.3) is 0 Å². The summed E-state index contributed by atoms with van der Waals surface area (Å²) in [6.07, 6.45) is 10.5. The predicted molar refractivity (Wildman–Crippen MR) is 128 cm³/mol. The number of fused-ring (bicyclic) bond motifs is 1. The van der Waals surface area contributed by atoms with Crippen molar-refractivity contribution >= 4 is 16.7 Å². The predicted octanol–water partition coefficient (Wildman–Crippen LogP) is 3.64. The molecule has 33 heavy (non-hydrogen) atoms. The SMILES string of the molecule is COc1cc(-c2cnn(C)c2)ccc1Cc1ncc2ccnc(N3CCC(OC)CC3)c2n1. The summed E-state index contributed by atoms with van der Waals surface area (Å²) in [6.45, 7) is 1.82. The summed E-state index contributed by atoms with van der Waals surface area (Å²) in [6, 6.07) is 8.17. The zero-order valence-corrected chi connectivity index (χ0v) is 19.2. The summed E-state index contributed by atoms with van der Waals surface area (Å²) in [5.41, 5.74) is 4.05. The van der Waals surface area contributed by atoms with E-state index in [1.165, 1.54) is 0 Å². The molecular weight excluding hydrogens is 416 g/mol. The van der Waals surface area contributed by atoms with E-state index in [0.29, 0.717) is 12.5 Å². The summed E-state index contributed by atoms with van der Waals surface area (Å²) in [4.78, 5) is 16.5. The number of anilines is 1. The maximum atomic E-state index is 5.70. The molecule has 0 unspecified atom stereocenters. The number of aryl methyl sites for hydroxylation is 1. The Kier molecular flexibility index (Phi) is 5.92. The van der Waals surface area contributed by atoms with Crippen LogP contribution in [-0.4, -0.2) is 58.1 Å². The fourth-order valence-electron chi connectivity index (χ4n) is 4.41. The third kappa shape index (κ3) is 4.39. The van der Waals surface area contributed by atoms with Crippen molar-refractivity contribution in [3.8, 4) is 16.9 Å². The molecule has 1 fully saturated rings. The van der Waals surface area contributed by atoms with E-state index in [0.717, 1.165) is 70.9 Å². The van der Waals surface area contributed by atoms with Gasteiger partial charge in [-0.25, -0.2) is 15.0 Å². The Bertz CT molecular complexity index is 1260. The normalized spacial score (nSPS) is 14.7. The number of rotatable bonds is 6. The quantitative estimate of drug-likeness (QED) is 0.449. The van der Waals surface area contributed by atoms with Gasteiger partial charge in [-0.1, -0.05) is 12.1 Å². The highest BCUT2D eigenvalue weighted by Gasteiger charge is 2.22. The first-order valence-electron chi connectivity index (χ1n) is 11.2. The highest BCUT2D eigenvalue weighted by molar-refractivity contribution is 5.88. The van der Waals surface area contributed by atoms with Crippen LogP contribution in [0.2, 0.25) is 0 Å². The number of nitrogens with zero attached hydrogens (tertiary/aromatic N) is 6. The molecule has 0 aliphatic carbocycles. The lowest BCUT2D eigenvalue weighted by Crippen LogP contribution is -2.37. The van der Waals surface area contributed by atoms with Crippen LogP contribution in [0, 0.1) is 0 Å². The maximum absolute atomic E-state index is 5.70. The van der Waals surface area contributed by atoms with Crippen LogP contribution >= 0.6 is 0 Å². The molecule has 0 N–H and O–H groups in total. The van der Waals surface area contributed by atoms with Crippen molar-refractivity contribution in [2.45, 2.75) is 25.4 Å². The lowest BCUT2D eigenvalue weighted by Gasteiger charge is -2.32. The molecule has 1 aliphatic heterocycles. The van der Waals surface area contributed by atoms with Gasteiger partial charge in [0, 0.05) is 68.8 Å². The van der Waals surface area contributed by atoms with Gasteiger partial charge in [-0.3, -0.25) is 4.68 Å². The third-order valence-corrected chi connectivity index (χ3v) is 6.28. The molecule has 0 atom stereocenters. The first-order valence-corrected chi connectivity index (χ1v) is 11.2. The smallest absolute Gasteiger partial charge is 0.155 e. The molecular formula is C25H28N6O2. The molecule has 0 spiro atoms. The van der Waals surface area contributed by atoms with Crippen LogP contribution in [0.15, 0.2) is 49.1 Å². The van der Waals surface area contributed by atoms with Gasteiger partial charge in [0.15, 0.2) is 5.82 Å². The molecule has 0 radical (unpaired) electrons. The molecule has 1 aliphatic rings. The van der Waals surface area contributed by atoms with Gasteiger partial charge in [0.2, 0.25) is 0 Å². The largest absolute Gasteiger partial charge is 0.496 e. The monoisotopic (exact) mass is 444 g/mol. The van der Waals surface area contributed by atoms with Crippen LogP contribution in [0.25, 0.3) is 22.0 Å². The van der Waals surface area contributed by atoms with Crippen LogP contribution in [0.5, 0.6) is 5.75 Å². The fraction of sp³-hybridized carbons (Fsp3) is 0.360. The lowest BCUT2D eigenvalue weighted by molar-refractivity contribution is 0.0818. The second-order valence-electron chi connectivity index (χ2n) is 8.39. The Balaban J connectivity index is 1.43. The van der Waals surface area contributed by atoms with Crippen molar-refractivity contribution in [3.63, 3.8) is 0 Å². The molecule has 5 rings (SSSR count). The van der Waals surface area contributed by atoms with Gasteiger partial charge >= 0.3 is 0 Å². The molecule has 4 aromatic rings. The third-order valence-electron chi connectivity index (χ3n) is 6.28. The Morgan fingerprint density at radius 3 is 2.61 bits per heavy atom. The average Bonchev–Trinajstić information content (AvgIpc) is 3.30. The van der Waals surface area contributed by atoms with Crippen molar-refractivity contribution in [1.29, 1.82) is 0 Å². The number of hydrogen-bond acceptors (Lipinski definition) is 7. The lowest BCUT2D eigenvalue weighted by atomic mass is 10.0. The van der Waals surface area contributed by atoms with E-state index in [1.54, 1.807) is 18.9 Å². The van der Waals surface area contributed by atoms with E-state index >= 15 is 0 Å². The Morgan fingerprint density at radius 1 is 1.03 bits per heavy atom. The van der Waals surface area contributed by atoms with Gasteiger partial charge in [-0.15, -0.1) is 0 Å². The number of pyridine rings is 1. The van der Waals surface area contributed by atoms with Crippen molar-refractivity contribution in [3.05, 3.63) is 60.4 Å². The summed E-state index contributed by atoms with van der Waals surface area (Å²) < 4.78 is 13.0. The van der Waals surface area contributed by atoms with Gasteiger partial charge < -0.3 is 14.4 Å². The van der Waals surface area contributed by atoms with Gasteiger partial charge in [-0.2, -0.15) is 5.10 Å². The Hall–Kier alpha value is -3.52. The average molecular weight is 445 g/mol. The summed E-state index contributed by atoms with van der Waals surface area (Å²) in [5, 5.41) is 5.26. The van der Waals surface area contributed by atoms with E-state index in [1.807, 2.05) is 44.0 Å². The molecule has 8 heteroatoms. The van der Waals surface area contributed by atoms with Crippen LogP contribution < -0.4 is 9.64 Å². The number of aromatic nitrogens is 5. The van der Waals surface area contributed by atoms with Crippen LogP contribution in [0.4, 0.5) is 5.82 Å². The topological polar surface area (TPSA) is 78.2 Å². The molecule has 0 saturated carbocycles. The molecule has 0 amide bonds. The summed E-state index contributed by atoms with van der Waals surface area (Å²) in [5.74, 6) is 2.48. The minimum absolute atomic E-state index is 0.323. The molecule has 0 bridgehead atoms. The van der Waals surface area contributed by atoms with Gasteiger partial charge in [0.1, 0.15) is 17.1 Å². The second-order valence-corrected chi connectivity index (χ2v) is 8.39. The summed E-state index contributed by atoms with van der Waals surface area (Å²) >= 11 is 0. The zero-order chi connectivity index (χ0) is 22.8. The van der Waals surface area contributed by atoms with Crippen molar-refractivity contribution in [2.24, 2.45) is 7.05 Å². The molecule has 170 valence electrons. The number of hydrogen-bond donors (Lipinski definition) is 0. The first kappa shape index (κ1) is 21.3. The number of methoxy groups -OCH3 is 2. The number of ether oxygens (including phenoxy) is 2. The van der Waals surface area contributed by atoms with Crippen LogP contribution in [0.3, 0.4) is 0 Å². The Morgan fingerprint density at radius 2 is 1.88 bits per heavy atom. The van der Waals surface area contributed by atoms with Crippen molar-refractivity contribution < 1.29 is 9.47 Å². The molecule has 3 aromatic heterocycles. The second kappa shape index (κ2) is 9.15. The maximum Gasteiger partial charge on any atom is 0.155 e. The van der Waals surface area contributed by atoms with E-state index in [-0.39, 0.29) is 0 Å². The standard InChI is InChI=1S/C25H28N6O2/c1-30-16-20(15-28-30)17-4-5-18(22(12-17)33-3)13-23-27-14-19-6-9-26-25(24(19)29-23)31-10-7-21(32-2)8-11-31/h4-6,9,12,14-16,21H,7-8,10-11,13H2,1-3H3. The minimum Gasteiger partial charge on any atom is -0.496 e. The first-order chi connectivity index (χ1) is 16.1. The zero-order valence-electron chi connectivity index (χ0n) is 19.2. The highest BCUT2D eigenvalue weighted by Crippen LogP contribution is 2.30. The van der Waals surface area contributed by atoms with E-state index < -0.39 is 0 Å². The number of benzene rings is 1. The Labute approximate surface area is 193 Å². The molecule has 1 saturated heterocycles. The fourth-order valence-corrected chi connectivity index (χ4v) is 4.41. The van der Waals surface area contributed by atoms with E-state index in [4.69, 9.17) is 14.5 Å². The van der Waals surface area contributed by atoms with Gasteiger partial charge in [0.05, 0.1) is 19.4 Å². The molecule has 8 nitrogen and oxygen atoms in total.